The molecule has 0 bridgehead atoms. The van der Waals surface area contributed by atoms with Gasteiger partial charge in [0.2, 0.25) is 0 Å². The van der Waals surface area contributed by atoms with Gasteiger partial charge in [0, 0.05) is 18.4 Å². The Balaban J connectivity index is 2.30. The standard InChI is InChI=1S/C23H29NO7S/c1-23(2,3)31-22(26)24-13-12-16-10-11-17(14-19(16)30-15-21(25)29-4)18-8-6-7-9-20(18)32(5,27)28/h6-11,14H,12-13,15H2,1-5H3,(H,24,26). The normalized spacial score (nSPS) is 11.5. The first kappa shape index (κ1) is 25.2. The zero-order chi connectivity index (χ0) is 23.9. The van der Waals surface area contributed by atoms with Crippen molar-refractivity contribution in [3.05, 3.63) is 48.0 Å². The molecular formula is C23H29NO7S. The lowest BCUT2D eigenvalue weighted by molar-refractivity contribution is -0.142. The van der Waals surface area contributed by atoms with Gasteiger partial charge in [0.15, 0.2) is 16.4 Å². The van der Waals surface area contributed by atoms with Crippen LogP contribution in [0.4, 0.5) is 4.79 Å². The number of ether oxygens (including phenoxy) is 3. The van der Waals surface area contributed by atoms with Gasteiger partial charge in [0.05, 0.1) is 12.0 Å². The number of hydrogen-bond donors (Lipinski definition) is 1. The first-order valence-electron chi connectivity index (χ1n) is 9.99. The molecule has 0 atom stereocenters. The number of sulfone groups is 1. The summed E-state index contributed by atoms with van der Waals surface area (Å²) < 4.78 is 39.9. The monoisotopic (exact) mass is 463 g/mol. The minimum absolute atomic E-state index is 0.193. The average Bonchev–Trinajstić information content (AvgIpc) is 2.70. The van der Waals surface area contributed by atoms with Crippen molar-refractivity contribution in [3.8, 4) is 16.9 Å². The predicted molar refractivity (Wildman–Crippen MR) is 120 cm³/mol. The molecule has 32 heavy (non-hydrogen) atoms. The van der Waals surface area contributed by atoms with E-state index in [9.17, 15) is 18.0 Å². The van der Waals surface area contributed by atoms with Crippen LogP contribution >= 0.6 is 0 Å². The molecule has 0 aliphatic carbocycles. The maximum atomic E-state index is 12.2. The molecule has 0 saturated carbocycles. The Morgan fingerprint density at radius 3 is 2.38 bits per heavy atom. The lowest BCUT2D eigenvalue weighted by atomic mass is 10.0. The number of carbonyl (C=O) groups excluding carboxylic acids is 2. The fourth-order valence-corrected chi connectivity index (χ4v) is 3.81. The third-order valence-electron chi connectivity index (χ3n) is 4.30. The molecule has 0 spiro atoms. The smallest absolute Gasteiger partial charge is 0.407 e. The van der Waals surface area contributed by atoms with Gasteiger partial charge in [-0.1, -0.05) is 30.3 Å². The highest BCUT2D eigenvalue weighted by molar-refractivity contribution is 7.90. The van der Waals surface area contributed by atoms with E-state index in [1.54, 1.807) is 57.2 Å². The van der Waals surface area contributed by atoms with Crippen LogP contribution in [0.15, 0.2) is 47.4 Å². The molecule has 0 aliphatic rings. The van der Waals surface area contributed by atoms with Crippen molar-refractivity contribution in [2.45, 2.75) is 37.7 Å². The number of carbonyl (C=O) groups is 2. The van der Waals surface area contributed by atoms with Crippen LogP contribution < -0.4 is 10.1 Å². The molecule has 1 N–H and O–H groups in total. The molecule has 174 valence electrons. The molecule has 2 rings (SSSR count). The third-order valence-corrected chi connectivity index (χ3v) is 5.46. The number of benzene rings is 2. The van der Waals surface area contributed by atoms with Crippen LogP contribution in [0.3, 0.4) is 0 Å². The van der Waals surface area contributed by atoms with Gasteiger partial charge in [-0.05, 0) is 50.5 Å². The Bertz CT molecular complexity index is 1070. The van der Waals surface area contributed by atoms with Crippen LogP contribution in [0.2, 0.25) is 0 Å². The first-order chi connectivity index (χ1) is 14.9. The fraction of sp³-hybridized carbons (Fsp3) is 0.391. The Kier molecular flexibility index (Phi) is 8.26. The highest BCUT2D eigenvalue weighted by atomic mass is 32.2. The Hall–Kier alpha value is -3.07. The van der Waals surface area contributed by atoms with Gasteiger partial charge in [-0.3, -0.25) is 0 Å². The van der Waals surface area contributed by atoms with Crippen LogP contribution in [0.5, 0.6) is 5.75 Å². The van der Waals surface area contributed by atoms with E-state index < -0.39 is 27.5 Å². The Labute approximate surface area is 188 Å². The van der Waals surface area contributed by atoms with E-state index in [1.165, 1.54) is 13.2 Å². The Morgan fingerprint density at radius 1 is 1.06 bits per heavy atom. The average molecular weight is 464 g/mol. The van der Waals surface area contributed by atoms with Gasteiger partial charge in [0.1, 0.15) is 11.4 Å². The molecule has 8 nitrogen and oxygen atoms in total. The first-order valence-corrected chi connectivity index (χ1v) is 11.9. The maximum Gasteiger partial charge on any atom is 0.407 e. The second-order valence-electron chi connectivity index (χ2n) is 8.13. The number of amides is 1. The van der Waals surface area contributed by atoms with Crippen molar-refractivity contribution in [2.75, 3.05) is 26.5 Å². The maximum absolute atomic E-state index is 12.2. The summed E-state index contributed by atoms with van der Waals surface area (Å²) in [6, 6.07) is 11.9. The molecule has 1 amide bonds. The highest BCUT2D eigenvalue weighted by Gasteiger charge is 2.18. The van der Waals surface area contributed by atoms with Crippen molar-refractivity contribution in [3.63, 3.8) is 0 Å². The van der Waals surface area contributed by atoms with E-state index in [2.05, 4.69) is 10.1 Å². The minimum atomic E-state index is -3.45. The SMILES string of the molecule is COC(=O)COc1cc(-c2ccccc2S(C)(=O)=O)ccc1CCNC(=O)OC(C)(C)C. The molecule has 0 saturated heterocycles. The van der Waals surface area contributed by atoms with Crippen molar-refractivity contribution in [2.24, 2.45) is 0 Å². The quantitative estimate of drug-likeness (QED) is 0.598. The van der Waals surface area contributed by atoms with Crippen LogP contribution in [-0.4, -0.2) is 52.6 Å². The van der Waals surface area contributed by atoms with Gasteiger partial charge in [-0.2, -0.15) is 0 Å². The van der Waals surface area contributed by atoms with E-state index in [0.717, 1.165) is 11.8 Å². The molecule has 2 aromatic rings. The topological polar surface area (TPSA) is 108 Å². The van der Waals surface area contributed by atoms with Crippen molar-refractivity contribution >= 4 is 21.9 Å². The van der Waals surface area contributed by atoms with Crippen molar-refractivity contribution in [1.82, 2.24) is 5.32 Å². The summed E-state index contributed by atoms with van der Waals surface area (Å²) in [7, 11) is -2.19. The zero-order valence-corrected chi connectivity index (χ0v) is 19.7. The van der Waals surface area contributed by atoms with Gasteiger partial charge >= 0.3 is 12.1 Å². The minimum Gasteiger partial charge on any atom is -0.482 e. The molecule has 0 unspecified atom stereocenters. The largest absolute Gasteiger partial charge is 0.482 e. The summed E-state index contributed by atoms with van der Waals surface area (Å²) in [5.74, 6) is -0.160. The second kappa shape index (κ2) is 10.5. The summed E-state index contributed by atoms with van der Waals surface area (Å²) in [6.45, 7) is 5.30. The number of hydrogen-bond acceptors (Lipinski definition) is 7. The summed E-state index contributed by atoms with van der Waals surface area (Å²) in [5, 5.41) is 2.68. The van der Waals surface area contributed by atoms with Crippen LogP contribution in [0.1, 0.15) is 26.3 Å². The van der Waals surface area contributed by atoms with Gasteiger partial charge < -0.3 is 19.5 Å². The highest BCUT2D eigenvalue weighted by Crippen LogP contribution is 2.32. The molecule has 0 heterocycles. The van der Waals surface area contributed by atoms with Crippen molar-refractivity contribution in [1.29, 1.82) is 0 Å². The zero-order valence-electron chi connectivity index (χ0n) is 18.9. The molecule has 0 radical (unpaired) electrons. The van der Waals surface area contributed by atoms with E-state index >= 15 is 0 Å². The van der Waals surface area contributed by atoms with Crippen LogP contribution in [0.25, 0.3) is 11.1 Å². The number of nitrogens with one attached hydrogen (secondary N) is 1. The molecule has 0 aliphatic heterocycles. The third kappa shape index (κ3) is 7.56. The number of rotatable bonds is 8. The summed E-state index contributed by atoms with van der Waals surface area (Å²) in [6.07, 6.45) is 1.02. The Morgan fingerprint density at radius 2 is 1.75 bits per heavy atom. The van der Waals surface area contributed by atoms with Crippen molar-refractivity contribution < 1.29 is 32.2 Å². The molecule has 0 aromatic heterocycles. The lowest BCUT2D eigenvalue weighted by Gasteiger charge is -2.20. The number of methoxy groups -OCH3 is 1. The molecular weight excluding hydrogens is 434 g/mol. The molecule has 9 heteroatoms. The number of esters is 1. The van der Waals surface area contributed by atoms with Crippen LogP contribution in [-0.2, 0) is 30.5 Å². The fourth-order valence-electron chi connectivity index (χ4n) is 2.90. The molecule has 0 fully saturated rings. The predicted octanol–water partition coefficient (Wildman–Crippen LogP) is 3.38. The summed E-state index contributed by atoms with van der Waals surface area (Å²) in [4.78, 5) is 23.6. The van der Waals surface area contributed by atoms with Crippen LogP contribution in [0, 0.1) is 0 Å². The number of alkyl carbamates (subject to hydrolysis) is 1. The van der Waals surface area contributed by atoms with E-state index in [-0.39, 0.29) is 18.0 Å². The second-order valence-corrected chi connectivity index (χ2v) is 10.1. The lowest BCUT2D eigenvalue weighted by Crippen LogP contribution is -2.33. The van der Waals surface area contributed by atoms with E-state index in [1.807, 2.05) is 0 Å². The van der Waals surface area contributed by atoms with Gasteiger partial charge in [0.25, 0.3) is 0 Å². The van der Waals surface area contributed by atoms with Gasteiger partial charge in [-0.25, -0.2) is 18.0 Å². The summed E-state index contributed by atoms with van der Waals surface area (Å²) >= 11 is 0. The van der Waals surface area contributed by atoms with E-state index in [0.29, 0.717) is 23.3 Å². The molecule has 2 aromatic carbocycles. The summed E-state index contributed by atoms with van der Waals surface area (Å²) in [5.41, 5.74) is 1.27. The van der Waals surface area contributed by atoms with Gasteiger partial charge in [-0.15, -0.1) is 0 Å². The van der Waals surface area contributed by atoms with E-state index in [4.69, 9.17) is 9.47 Å².